The summed E-state index contributed by atoms with van der Waals surface area (Å²) in [6.07, 6.45) is -0.144. The molecule has 9 heteroatoms. The molecule has 0 bridgehead atoms. The van der Waals surface area contributed by atoms with Crippen molar-refractivity contribution in [2.45, 2.75) is 6.42 Å². The van der Waals surface area contributed by atoms with Gasteiger partial charge in [-0.15, -0.1) is 0 Å². The van der Waals surface area contributed by atoms with Crippen molar-refractivity contribution in [2.75, 3.05) is 19.7 Å². The van der Waals surface area contributed by atoms with Crippen molar-refractivity contribution in [3.8, 4) is 0 Å². The molecule has 0 aromatic heterocycles. The lowest BCUT2D eigenvalue weighted by Gasteiger charge is -2.17. The number of carbonyl (C=O) groups is 5. The summed E-state index contributed by atoms with van der Waals surface area (Å²) in [6, 6.07) is 16.8. The fourth-order valence-electron chi connectivity index (χ4n) is 2.98. The van der Waals surface area contributed by atoms with E-state index in [1.54, 1.807) is 60.7 Å². The fourth-order valence-corrected chi connectivity index (χ4v) is 2.98. The minimum absolute atomic E-state index is 0.0738. The molecule has 160 valence electrons. The zero-order chi connectivity index (χ0) is 22.2. The largest absolute Gasteiger partial charge is 0.457 e. The third-order valence-electron chi connectivity index (χ3n) is 4.60. The molecule has 0 aliphatic carbocycles. The summed E-state index contributed by atoms with van der Waals surface area (Å²) >= 11 is 0. The van der Waals surface area contributed by atoms with Gasteiger partial charge in [-0.2, -0.15) is 0 Å². The van der Waals surface area contributed by atoms with E-state index in [0.717, 1.165) is 5.01 Å². The van der Waals surface area contributed by atoms with E-state index in [2.05, 4.69) is 10.7 Å². The monoisotopic (exact) mass is 423 g/mol. The number of nitrogens with one attached hydrogen (secondary N) is 2. The van der Waals surface area contributed by atoms with Gasteiger partial charge in [0, 0.05) is 17.5 Å². The van der Waals surface area contributed by atoms with Crippen molar-refractivity contribution in [3.63, 3.8) is 0 Å². The summed E-state index contributed by atoms with van der Waals surface area (Å²) in [6.45, 7) is -0.834. The minimum atomic E-state index is -0.796. The first-order valence-corrected chi connectivity index (χ1v) is 9.62. The SMILES string of the molecule is O=C(CNC(=O)c1ccccc1)NN1C[C@@H](C(=O)OCC(=O)c2ccccc2)CC1=O. The zero-order valence-electron chi connectivity index (χ0n) is 16.6. The summed E-state index contributed by atoms with van der Waals surface area (Å²) in [5.74, 6) is -3.32. The number of ketones is 1. The number of carbonyl (C=O) groups excluding carboxylic acids is 5. The second kappa shape index (κ2) is 10.1. The van der Waals surface area contributed by atoms with Gasteiger partial charge in [-0.1, -0.05) is 48.5 Å². The van der Waals surface area contributed by atoms with Crippen LogP contribution in [0.3, 0.4) is 0 Å². The predicted molar refractivity (Wildman–Crippen MR) is 108 cm³/mol. The smallest absolute Gasteiger partial charge is 0.311 e. The number of ether oxygens (including phenoxy) is 1. The van der Waals surface area contributed by atoms with Crippen LogP contribution in [0.2, 0.25) is 0 Å². The van der Waals surface area contributed by atoms with Gasteiger partial charge >= 0.3 is 5.97 Å². The molecular weight excluding hydrogens is 402 g/mol. The first-order chi connectivity index (χ1) is 14.9. The molecule has 1 saturated heterocycles. The Hall–Kier alpha value is -4.01. The molecule has 0 saturated carbocycles. The van der Waals surface area contributed by atoms with Crippen LogP contribution in [0.1, 0.15) is 27.1 Å². The number of benzene rings is 2. The van der Waals surface area contributed by atoms with E-state index in [1.807, 2.05) is 0 Å². The number of hydrogen-bond acceptors (Lipinski definition) is 6. The Kier molecular flexibility index (Phi) is 7.10. The standard InChI is InChI=1S/C22H21N3O6/c26-18(15-7-3-1-4-8-15)14-31-22(30)17-11-20(28)25(13-17)24-19(27)12-23-21(29)16-9-5-2-6-10-16/h1-10,17H,11-14H2,(H,23,29)(H,24,27)/t17-/m0/s1. The molecular formula is C22H21N3O6. The number of esters is 1. The highest BCUT2D eigenvalue weighted by atomic mass is 16.5. The van der Waals surface area contributed by atoms with E-state index in [4.69, 9.17) is 4.74 Å². The number of rotatable bonds is 8. The van der Waals surface area contributed by atoms with Crippen molar-refractivity contribution < 1.29 is 28.7 Å². The first kappa shape index (κ1) is 21.7. The van der Waals surface area contributed by atoms with E-state index >= 15 is 0 Å². The molecule has 0 unspecified atom stereocenters. The van der Waals surface area contributed by atoms with E-state index in [9.17, 15) is 24.0 Å². The van der Waals surface area contributed by atoms with Crippen LogP contribution in [0, 0.1) is 5.92 Å². The predicted octanol–water partition coefficient (Wildman–Crippen LogP) is 0.722. The fraction of sp³-hybridized carbons (Fsp3) is 0.227. The third-order valence-corrected chi connectivity index (χ3v) is 4.60. The average Bonchev–Trinajstić information content (AvgIpc) is 3.16. The zero-order valence-corrected chi connectivity index (χ0v) is 16.6. The Morgan fingerprint density at radius 2 is 1.55 bits per heavy atom. The van der Waals surface area contributed by atoms with Gasteiger partial charge in [0.2, 0.25) is 5.91 Å². The Morgan fingerprint density at radius 1 is 0.935 bits per heavy atom. The molecule has 0 radical (unpaired) electrons. The minimum Gasteiger partial charge on any atom is -0.457 e. The van der Waals surface area contributed by atoms with Gasteiger partial charge in [0.15, 0.2) is 12.4 Å². The first-order valence-electron chi connectivity index (χ1n) is 9.62. The number of amides is 3. The van der Waals surface area contributed by atoms with Crippen molar-refractivity contribution in [1.29, 1.82) is 0 Å². The number of Topliss-reactive ketones (excluding diaryl/α,β-unsaturated/α-hetero) is 1. The summed E-state index contributed by atoms with van der Waals surface area (Å²) in [4.78, 5) is 60.3. The van der Waals surface area contributed by atoms with Crippen LogP contribution in [0.15, 0.2) is 60.7 Å². The lowest BCUT2D eigenvalue weighted by molar-refractivity contribution is -0.147. The second-order valence-corrected chi connectivity index (χ2v) is 6.89. The van der Waals surface area contributed by atoms with Crippen molar-refractivity contribution in [1.82, 2.24) is 15.8 Å². The van der Waals surface area contributed by atoms with Crippen LogP contribution >= 0.6 is 0 Å². The third kappa shape index (κ3) is 5.99. The average molecular weight is 423 g/mol. The Balaban J connectivity index is 1.42. The molecule has 0 spiro atoms. The molecule has 2 N–H and O–H groups in total. The highest BCUT2D eigenvalue weighted by molar-refractivity contribution is 5.98. The van der Waals surface area contributed by atoms with E-state index in [0.29, 0.717) is 11.1 Å². The molecule has 1 aliphatic heterocycles. The van der Waals surface area contributed by atoms with Gasteiger partial charge in [0.1, 0.15) is 0 Å². The lowest BCUT2D eigenvalue weighted by atomic mass is 10.1. The van der Waals surface area contributed by atoms with Gasteiger partial charge in [-0.05, 0) is 12.1 Å². The van der Waals surface area contributed by atoms with Gasteiger partial charge in [0.05, 0.1) is 19.0 Å². The summed E-state index contributed by atoms with van der Waals surface area (Å²) < 4.78 is 5.03. The molecule has 3 amide bonds. The maximum atomic E-state index is 12.2. The van der Waals surface area contributed by atoms with E-state index < -0.39 is 36.2 Å². The molecule has 1 aliphatic rings. The maximum Gasteiger partial charge on any atom is 0.311 e. The normalized spacial score (nSPS) is 15.3. The van der Waals surface area contributed by atoms with Crippen LogP contribution in [-0.2, 0) is 19.1 Å². The second-order valence-electron chi connectivity index (χ2n) is 6.89. The quantitative estimate of drug-likeness (QED) is 0.477. The van der Waals surface area contributed by atoms with Gasteiger partial charge in [-0.25, -0.2) is 0 Å². The molecule has 1 heterocycles. The van der Waals surface area contributed by atoms with Crippen molar-refractivity contribution in [3.05, 3.63) is 71.8 Å². The number of nitrogens with zero attached hydrogens (tertiary/aromatic N) is 1. The van der Waals surface area contributed by atoms with Crippen molar-refractivity contribution in [2.24, 2.45) is 5.92 Å². The lowest BCUT2D eigenvalue weighted by Crippen LogP contribution is -2.47. The Bertz CT molecular complexity index is 977. The Labute approximate surface area is 178 Å². The van der Waals surface area contributed by atoms with Gasteiger partial charge < -0.3 is 10.1 Å². The summed E-state index contributed by atoms with van der Waals surface area (Å²) in [5.41, 5.74) is 3.19. The topological polar surface area (TPSA) is 122 Å². The number of hydrazine groups is 1. The van der Waals surface area contributed by atoms with Gasteiger partial charge in [-0.3, -0.25) is 34.4 Å². The molecule has 31 heavy (non-hydrogen) atoms. The van der Waals surface area contributed by atoms with Crippen LogP contribution in [0.25, 0.3) is 0 Å². The highest BCUT2D eigenvalue weighted by Crippen LogP contribution is 2.17. The van der Waals surface area contributed by atoms with Crippen LogP contribution in [0.5, 0.6) is 0 Å². The van der Waals surface area contributed by atoms with E-state index in [1.165, 1.54) is 0 Å². The van der Waals surface area contributed by atoms with Crippen LogP contribution in [0.4, 0.5) is 0 Å². The number of hydrogen-bond donors (Lipinski definition) is 2. The Morgan fingerprint density at radius 3 is 2.19 bits per heavy atom. The summed E-state index contributed by atoms with van der Waals surface area (Å²) in [7, 11) is 0. The maximum absolute atomic E-state index is 12.2. The molecule has 1 fully saturated rings. The highest BCUT2D eigenvalue weighted by Gasteiger charge is 2.36. The molecule has 9 nitrogen and oxygen atoms in total. The van der Waals surface area contributed by atoms with Crippen LogP contribution < -0.4 is 10.7 Å². The van der Waals surface area contributed by atoms with Crippen LogP contribution in [-0.4, -0.2) is 54.2 Å². The summed E-state index contributed by atoms with van der Waals surface area (Å²) in [5, 5.41) is 3.47. The van der Waals surface area contributed by atoms with E-state index in [-0.39, 0.29) is 25.3 Å². The molecule has 2 aromatic rings. The molecule has 2 aromatic carbocycles. The molecule has 1 atom stereocenters. The molecule has 3 rings (SSSR count). The van der Waals surface area contributed by atoms with Gasteiger partial charge in [0.25, 0.3) is 11.8 Å². The van der Waals surface area contributed by atoms with Crippen molar-refractivity contribution >= 4 is 29.5 Å².